The molecular formula is C17H19NO3. The number of hydrogen-bond donors (Lipinski definition) is 1. The smallest absolute Gasteiger partial charge is 0.216 e. The molecule has 2 aromatic carbocycles. The summed E-state index contributed by atoms with van der Waals surface area (Å²) < 4.78 is 11.4. The number of benzene rings is 2. The predicted octanol–water partition coefficient (Wildman–Crippen LogP) is 3.38. The molecule has 0 radical (unpaired) electrons. The predicted molar refractivity (Wildman–Crippen MR) is 81.8 cm³/mol. The van der Waals surface area contributed by atoms with Gasteiger partial charge in [0.15, 0.2) is 0 Å². The molecule has 0 bridgehead atoms. The number of carbonyl (C=O) groups excluding carboxylic acids is 1. The highest BCUT2D eigenvalue weighted by atomic mass is 16.5. The molecule has 0 fully saturated rings. The van der Waals surface area contributed by atoms with Crippen LogP contribution in [0.2, 0.25) is 0 Å². The van der Waals surface area contributed by atoms with E-state index in [1.165, 1.54) is 6.92 Å². The minimum atomic E-state index is -0.0201. The first-order valence-corrected chi connectivity index (χ1v) is 6.94. The van der Waals surface area contributed by atoms with Gasteiger partial charge in [-0.25, -0.2) is 0 Å². The number of amides is 1. The van der Waals surface area contributed by atoms with Crippen LogP contribution < -0.4 is 14.8 Å². The molecule has 21 heavy (non-hydrogen) atoms. The van der Waals surface area contributed by atoms with Crippen LogP contribution in [-0.2, 0) is 4.79 Å². The topological polar surface area (TPSA) is 47.6 Å². The van der Waals surface area contributed by atoms with Crippen LogP contribution in [0.15, 0.2) is 54.6 Å². The van der Waals surface area contributed by atoms with Crippen molar-refractivity contribution in [2.24, 2.45) is 0 Å². The third-order valence-corrected chi connectivity index (χ3v) is 2.75. The second-order valence-electron chi connectivity index (χ2n) is 4.57. The average molecular weight is 285 g/mol. The van der Waals surface area contributed by atoms with Crippen LogP contribution in [0.3, 0.4) is 0 Å². The quantitative estimate of drug-likeness (QED) is 0.793. The SMILES string of the molecule is CC(=O)NCCCOc1cccc(Oc2ccccc2)c1. The summed E-state index contributed by atoms with van der Waals surface area (Å²) in [6.45, 7) is 2.68. The lowest BCUT2D eigenvalue weighted by Crippen LogP contribution is -2.22. The van der Waals surface area contributed by atoms with E-state index in [2.05, 4.69) is 5.32 Å². The highest BCUT2D eigenvalue weighted by Gasteiger charge is 2.00. The molecule has 0 aliphatic rings. The molecule has 0 aromatic heterocycles. The number of hydrogen-bond acceptors (Lipinski definition) is 3. The van der Waals surface area contributed by atoms with Crippen molar-refractivity contribution in [2.45, 2.75) is 13.3 Å². The maximum absolute atomic E-state index is 10.7. The molecule has 4 heteroatoms. The molecule has 0 aliphatic heterocycles. The third-order valence-electron chi connectivity index (χ3n) is 2.75. The van der Waals surface area contributed by atoms with Gasteiger partial charge >= 0.3 is 0 Å². The van der Waals surface area contributed by atoms with Crippen LogP contribution in [0.5, 0.6) is 17.2 Å². The minimum Gasteiger partial charge on any atom is -0.493 e. The standard InChI is InChI=1S/C17H19NO3/c1-14(19)18-11-6-12-20-16-9-5-10-17(13-16)21-15-7-3-2-4-8-15/h2-5,7-10,13H,6,11-12H2,1H3,(H,18,19). The molecule has 4 nitrogen and oxygen atoms in total. The van der Waals surface area contributed by atoms with Gasteiger partial charge in [-0.05, 0) is 30.7 Å². The molecule has 0 spiro atoms. The maximum atomic E-state index is 10.7. The molecular weight excluding hydrogens is 266 g/mol. The van der Waals surface area contributed by atoms with E-state index in [4.69, 9.17) is 9.47 Å². The van der Waals surface area contributed by atoms with Crippen molar-refractivity contribution in [3.8, 4) is 17.2 Å². The third kappa shape index (κ3) is 5.57. The summed E-state index contributed by atoms with van der Waals surface area (Å²) >= 11 is 0. The van der Waals surface area contributed by atoms with Crippen LogP contribution in [-0.4, -0.2) is 19.1 Å². The van der Waals surface area contributed by atoms with Gasteiger partial charge in [0, 0.05) is 19.5 Å². The van der Waals surface area contributed by atoms with E-state index in [1.807, 2.05) is 54.6 Å². The largest absolute Gasteiger partial charge is 0.493 e. The molecule has 0 saturated heterocycles. The van der Waals surface area contributed by atoms with Gasteiger partial charge in [0.05, 0.1) is 6.61 Å². The average Bonchev–Trinajstić information content (AvgIpc) is 2.48. The van der Waals surface area contributed by atoms with Crippen molar-refractivity contribution in [2.75, 3.05) is 13.2 Å². The molecule has 2 rings (SSSR count). The Hall–Kier alpha value is -2.49. The van der Waals surface area contributed by atoms with Crippen LogP contribution in [0, 0.1) is 0 Å². The van der Waals surface area contributed by atoms with Gasteiger partial charge in [0.25, 0.3) is 0 Å². The van der Waals surface area contributed by atoms with Gasteiger partial charge in [-0.2, -0.15) is 0 Å². The van der Waals surface area contributed by atoms with E-state index in [0.29, 0.717) is 13.2 Å². The Morgan fingerprint density at radius 1 is 1.00 bits per heavy atom. The molecule has 0 heterocycles. The van der Waals surface area contributed by atoms with Crippen LogP contribution in [0.4, 0.5) is 0 Å². The second kappa shape index (κ2) is 7.94. The number of nitrogens with one attached hydrogen (secondary N) is 1. The summed E-state index contributed by atoms with van der Waals surface area (Å²) in [7, 11) is 0. The lowest BCUT2D eigenvalue weighted by Gasteiger charge is -2.09. The first-order chi connectivity index (χ1) is 10.2. The fraction of sp³-hybridized carbons (Fsp3) is 0.235. The van der Waals surface area contributed by atoms with Crippen molar-refractivity contribution < 1.29 is 14.3 Å². The second-order valence-corrected chi connectivity index (χ2v) is 4.57. The summed E-state index contributed by atoms with van der Waals surface area (Å²) in [6, 6.07) is 17.1. The molecule has 1 N–H and O–H groups in total. The number of rotatable bonds is 7. The Bertz CT molecular complexity index is 569. The van der Waals surface area contributed by atoms with Crippen molar-refractivity contribution in [3.63, 3.8) is 0 Å². The molecule has 0 aliphatic carbocycles. The first-order valence-electron chi connectivity index (χ1n) is 6.94. The number of ether oxygens (including phenoxy) is 2. The van der Waals surface area contributed by atoms with Gasteiger partial charge in [-0.15, -0.1) is 0 Å². The van der Waals surface area contributed by atoms with Crippen molar-refractivity contribution in [3.05, 3.63) is 54.6 Å². The van der Waals surface area contributed by atoms with Gasteiger partial charge in [0.1, 0.15) is 17.2 Å². The van der Waals surface area contributed by atoms with Gasteiger partial charge in [-0.1, -0.05) is 24.3 Å². The van der Waals surface area contributed by atoms with Crippen molar-refractivity contribution in [1.29, 1.82) is 0 Å². The minimum absolute atomic E-state index is 0.0201. The Kier molecular flexibility index (Phi) is 5.64. The van der Waals surface area contributed by atoms with Crippen molar-refractivity contribution >= 4 is 5.91 Å². The van der Waals surface area contributed by atoms with E-state index in [9.17, 15) is 4.79 Å². The normalized spacial score (nSPS) is 9.95. The van der Waals surface area contributed by atoms with E-state index in [-0.39, 0.29) is 5.91 Å². The van der Waals surface area contributed by atoms with Crippen molar-refractivity contribution in [1.82, 2.24) is 5.32 Å². The zero-order valence-corrected chi connectivity index (χ0v) is 12.0. The maximum Gasteiger partial charge on any atom is 0.216 e. The number of carbonyl (C=O) groups is 1. The zero-order valence-electron chi connectivity index (χ0n) is 12.0. The molecule has 0 saturated carbocycles. The van der Waals surface area contributed by atoms with Gasteiger partial charge < -0.3 is 14.8 Å². The zero-order chi connectivity index (χ0) is 14.9. The van der Waals surface area contributed by atoms with E-state index in [1.54, 1.807) is 0 Å². The summed E-state index contributed by atoms with van der Waals surface area (Å²) in [6.07, 6.45) is 0.767. The van der Waals surface area contributed by atoms with Crippen LogP contribution in [0.25, 0.3) is 0 Å². The highest BCUT2D eigenvalue weighted by molar-refractivity contribution is 5.72. The molecule has 0 atom stereocenters. The molecule has 0 unspecified atom stereocenters. The Morgan fingerprint density at radius 2 is 1.71 bits per heavy atom. The summed E-state index contributed by atoms with van der Waals surface area (Å²) in [5.74, 6) is 2.26. The summed E-state index contributed by atoms with van der Waals surface area (Å²) in [5.41, 5.74) is 0. The number of para-hydroxylation sites is 1. The Labute approximate surface area is 124 Å². The lowest BCUT2D eigenvalue weighted by molar-refractivity contribution is -0.118. The van der Waals surface area contributed by atoms with Crippen LogP contribution in [0.1, 0.15) is 13.3 Å². The summed E-state index contributed by atoms with van der Waals surface area (Å²) in [4.78, 5) is 10.7. The molecule has 1 amide bonds. The molecule has 110 valence electrons. The monoisotopic (exact) mass is 285 g/mol. The fourth-order valence-corrected chi connectivity index (χ4v) is 1.78. The van der Waals surface area contributed by atoms with Gasteiger partial charge in [0.2, 0.25) is 5.91 Å². The van der Waals surface area contributed by atoms with E-state index in [0.717, 1.165) is 23.7 Å². The lowest BCUT2D eigenvalue weighted by atomic mass is 10.3. The van der Waals surface area contributed by atoms with E-state index < -0.39 is 0 Å². The van der Waals surface area contributed by atoms with Crippen LogP contribution >= 0.6 is 0 Å². The molecule has 2 aromatic rings. The Morgan fingerprint density at radius 3 is 2.48 bits per heavy atom. The Balaban J connectivity index is 1.82. The van der Waals surface area contributed by atoms with Gasteiger partial charge in [-0.3, -0.25) is 4.79 Å². The summed E-state index contributed by atoms with van der Waals surface area (Å²) in [5, 5.41) is 2.73. The highest BCUT2D eigenvalue weighted by Crippen LogP contribution is 2.24. The fourth-order valence-electron chi connectivity index (χ4n) is 1.78. The van der Waals surface area contributed by atoms with E-state index >= 15 is 0 Å². The first kappa shape index (κ1) is 14.9.